The number of aromatic nitrogens is 1. The Morgan fingerprint density at radius 2 is 2.21 bits per heavy atom. The maximum Gasteiger partial charge on any atom is 0.168 e. The van der Waals surface area contributed by atoms with Crippen molar-refractivity contribution in [1.82, 2.24) is 4.98 Å². The molecule has 1 heterocycles. The van der Waals surface area contributed by atoms with Gasteiger partial charge in [-0.2, -0.15) is 0 Å². The maximum atomic E-state index is 5.37. The molecule has 0 unspecified atom stereocenters. The van der Waals surface area contributed by atoms with Crippen LogP contribution in [0.5, 0.6) is 0 Å². The maximum absolute atomic E-state index is 5.37. The van der Waals surface area contributed by atoms with Crippen LogP contribution in [0.15, 0.2) is 36.5 Å². The van der Waals surface area contributed by atoms with Gasteiger partial charge in [-0.3, -0.25) is 4.98 Å². The lowest BCUT2D eigenvalue weighted by atomic mass is 10.2. The molecule has 0 amide bonds. The van der Waals surface area contributed by atoms with Gasteiger partial charge in [-0.15, -0.1) is 0 Å². The summed E-state index contributed by atoms with van der Waals surface area (Å²) in [6.45, 7) is 0. The van der Waals surface area contributed by atoms with Gasteiger partial charge in [0.1, 0.15) is 0 Å². The number of anilines is 1. The molecular formula is C10H9N3S. The van der Waals surface area contributed by atoms with Crippen molar-refractivity contribution in [2.45, 2.75) is 0 Å². The third-order valence-corrected chi connectivity index (χ3v) is 1.98. The van der Waals surface area contributed by atoms with Crippen LogP contribution in [0.25, 0.3) is 10.9 Å². The molecule has 14 heavy (non-hydrogen) atoms. The first-order valence-corrected chi connectivity index (χ1v) is 4.58. The normalized spacial score (nSPS) is 10.0. The summed E-state index contributed by atoms with van der Waals surface area (Å²) in [6.07, 6.45) is 1.76. The smallest absolute Gasteiger partial charge is 0.168 e. The van der Waals surface area contributed by atoms with E-state index in [2.05, 4.69) is 10.3 Å². The first-order valence-electron chi connectivity index (χ1n) is 4.17. The van der Waals surface area contributed by atoms with Gasteiger partial charge >= 0.3 is 0 Å². The molecule has 0 saturated carbocycles. The Morgan fingerprint density at radius 1 is 1.36 bits per heavy atom. The number of fused-ring (bicyclic) bond motifs is 1. The lowest BCUT2D eigenvalue weighted by Gasteiger charge is -2.04. The SMILES string of the molecule is NC(=S)Nc1ccc2cccnc2c1. The average molecular weight is 203 g/mol. The first-order chi connectivity index (χ1) is 6.75. The summed E-state index contributed by atoms with van der Waals surface area (Å²) in [4.78, 5) is 4.23. The highest BCUT2D eigenvalue weighted by Crippen LogP contribution is 2.16. The van der Waals surface area contributed by atoms with Crippen molar-refractivity contribution < 1.29 is 0 Å². The Bertz CT molecular complexity index is 482. The minimum atomic E-state index is 0.264. The van der Waals surface area contributed by atoms with Gasteiger partial charge in [0, 0.05) is 17.3 Å². The van der Waals surface area contributed by atoms with Crippen molar-refractivity contribution in [1.29, 1.82) is 0 Å². The van der Waals surface area contributed by atoms with Crippen LogP contribution < -0.4 is 11.1 Å². The molecule has 2 aromatic rings. The summed E-state index contributed by atoms with van der Waals surface area (Å²) in [5, 5.41) is 4.23. The van der Waals surface area contributed by atoms with Gasteiger partial charge in [0.2, 0.25) is 0 Å². The first kappa shape index (κ1) is 8.90. The molecule has 4 heteroatoms. The van der Waals surface area contributed by atoms with Gasteiger partial charge < -0.3 is 11.1 Å². The van der Waals surface area contributed by atoms with Gasteiger partial charge in [0.05, 0.1) is 5.52 Å². The summed E-state index contributed by atoms with van der Waals surface area (Å²) in [5.74, 6) is 0. The number of benzene rings is 1. The average Bonchev–Trinajstić information content (AvgIpc) is 2.17. The fourth-order valence-corrected chi connectivity index (χ4v) is 1.40. The van der Waals surface area contributed by atoms with Crippen LogP contribution >= 0.6 is 12.2 Å². The zero-order valence-corrected chi connectivity index (χ0v) is 8.21. The lowest BCUT2D eigenvalue weighted by Crippen LogP contribution is -2.18. The topological polar surface area (TPSA) is 50.9 Å². The van der Waals surface area contributed by atoms with E-state index in [1.807, 2.05) is 30.3 Å². The Kier molecular flexibility index (Phi) is 2.28. The fourth-order valence-electron chi connectivity index (χ4n) is 1.29. The van der Waals surface area contributed by atoms with Gasteiger partial charge in [0.15, 0.2) is 5.11 Å². The Balaban J connectivity index is 2.46. The highest BCUT2D eigenvalue weighted by Gasteiger charge is 1.96. The summed E-state index contributed by atoms with van der Waals surface area (Å²) < 4.78 is 0. The molecule has 0 aliphatic rings. The van der Waals surface area contributed by atoms with E-state index < -0.39 is 0 Å². The van der Waals surface area contributed by atoms with Crippen LogP contribution in [0.4, 0.5) is 5.69 Å². The second kappa shape index (κ2) is 3.59. The molecule has 70 valence electrons. The summed E-state index contributed by atoms with van der Waals surface area (Å²) in [5.41, 5.74) is 7.16. The summed E-state index contributed by atoms with van der Waals surface area (Å²) in [6, 6.07) is 9.72. The molecule has 0 atom stereocenters. The molecule has 0 radical (unpaired) electrons. The second-order valence-electron chi connectivity index (χ2n) is 2.90. The molecule has 0 aliphatic carbocycles. The minimum Gasteiger partial charge on any atom is -0.376 e. The van der Waals surface area contributed by atoms with Crippen molar-refractivity contribution >= 4 is 33.9 Å². The zero-order chi connectivity index (χ0) is 9.97. The van der Waals surface area contributed by atoms with Crippen LogP contribution in [0.1, 0.15) is 0 Å². The second-order valence-corrected chi connectivity index (χ2v) is 3.34. The number of nitrogens with two attached hydrogens (primary N) is 1. The molecule has 1 aromatic heterocycles. The van der Waals surface area contributed by atoms with E-state index in [-0.39, 0.29) is 5.11 Å². The zero-order valence-electron chi connectivity index (χ0n) is 7.40. The third kappa shape index (κ3) is 1.80. The standard InChI is InChI=1S/C10H9N3S/c11-10(14)13-8-4-3-7-2-1-5-12-9(7)6-8/h1-6H,(H3,11,13,14). The fraction of sp³-hybridized carbons (Fsp3) is 0. The summed E-state index contributed by atoms with van der Waals surface area (Å²) >= 11 is 4.75. The Morgan fingerprint density at radius 3 is 3.00 bits per heavy atom. The Labute approximate surface area is 86.9 Å². The third-order valence-electron chi connectivity index (χ3n) is 1.87. The predicted octanol–water partition coefficient (Wildman–Crippen LogP) is 1.89. The number of nitrogens with zero attached hydrogens (tertiary/aromatic N) is 1. The highest BCUT2D eigenvalue weighted by molar-refractivity contribution is 7.80. The minimum absolute atomic E-state index is 0.264. The van der Waals surface area contributed by atoms with Crippen LogP contribution in [-0.2, 0) is 0 Å². The van der Waals surface area contributed by atoms with Crippen molar-refractivity contribution in [2.75, 3.05) is 5.32 Å². The van der Waals surface area contributed by atoms with E-state index in [9.17, 15) is 0 Å². The van der Waals surface area contributed by atoms with E-state index in [0.717, 1.165) is 16.6 Å². The molecular weight excluding hydrogens is 194 g/mol. The van der Waals surface area contributed by atoms with E-state index in [4.69, 9.17) is 18.0 Å². The number of rotatable bonds is 1. The van der Waals surface area contributed by atoms with Crippen LogP contribution in [0.2, 0.25) is 0 Å². The van der Waals surface area contributed by atoms with E-state index in [1.54, 1.807) is 6.20 Å². The van der Waals surface area contributed by atoms with Crippen molar-refractivity contribution in [2.24, 2.45) is 5.73 Å². The lowest BCUT2D eigenvalue weighted by molar-refractivity contribution is 1.41. The van der Waals surface area contributed by atoms with Crippen LogP contribution in [-0.4, -0.2) is 10.1 Å². The van der Waals surface area contributed by atoms with Crippen molar-refractivity contribution in [3.05, 3.63) is 36.5 Å². The number of pyridine rings is 1. The van der Waals surface area contributed by atoms with Gasteiger partial charge in [0.25, 0.3) is 0 Å². The number of thiocarbonyl (C=S) groups is 1. The molecule has 3 N–H and O–H groups in total. The quantitative estimate of drug-likeness (QED) is 0.695. The van der Waals surface area contributed by atoms with Gasteiger partial charge in [-0.05, 0) is 30.4 Å². The van der Waals surface area contributed by atoms with Gasteiger partial charge in [-0.25, -0.2) is 0 Å². The molecule has 3 nitrogen and oxygen atoms in total. The number of hydrogen-bond acceptors (Lipinski definition) is 2. The molecule has 2 rings (SSSR count). The highest BCUT2D eigenvalue weighted by atomic mass is 32.1. The molecule has 0 bridgehead atoms. The van der Waals surface area contributed by atoms with Crippen LogP contribution in [0, 0.1) is 0 Å². The molecule has 0 saturated heterocycles. The van der Waals surface area contributed by atoms with E-state index >= 15 is 0 Å². The largest absolute Gasteiger partial charge is 0.376 e. The summed E-state index contributed by atoms with van der Waals surface area (Å²) in [7, 11) is 0. The van der Waals surface area contributed by atoms with Crippen LogP contribution in [0.3, 0.4) is 0 Å². The van der Waals surface area contributed by atoms with Crippen molar-refractivity contribution in [3.8, 4) is 0 Å². The number of nitrogens with one attached hydrogen (secondary N) is 1. The monoisotopic (exact) mass is 203 g/mol. The predicted molar refractivity (Wildman–Crippen MR) is 62.2 cm³/mol. The Hall–Kier alpha value is -1.68. The molecule has 0 fully saturated rings. The van der Waals surface area contributed by atoms with Crippen molar-refractivity contribution in [3.63, 3.8) is 0 Å². The van der Waals surface area contributed by atoms with E-state index in [0.29, 0.717) is 0 Å². The number of hydrogen-bond donors (Lipinski definition) is 2. The van der Waals surface area contributed by atoms with Gasteiger partial charge in [-0.1, -0.05) is 12.1 Å². The molecule has 0 spiro atoms. The van der Waals surface area contributed by atoms with E-state index in [1.165, 1.54) is 0 Å². The molecule has 1 aromatic carbocycles. The molecule has 0 aliphatic heterocycles.